The fourth-order valence-corrected chi connectivity index (χ4v) is 1.67. The van der Waals surface area contributed by atoms with Gasteiger partial charge in [0.05, 0.1) is 0 Å². The van der Waals surface area contributed by atoms with Crippen molar-refractivity contribution in [1.29, 1.82) is 0 Å². The molecule has 84 valence electrons. The minimum atomic E-state index is -0.146. The SMILES string of the molecule is [Cl-].[O-][NH2+]C(c1ccccc1)c1ccccc1. The molecule has 0 fully saturated rings. The summed E-state index contributed by atoms with van der Waals surface area (Å²) in [6.07, 6.45) is 0. The van der Waals surface area contributed by atoms with Gasteiger partial charge in [-0.2, -0.15) is 0 Å². The van der Waals surface area contributed by atoms with E-state index in [1.807, 2.05) is 60.7 Å². The topological polar surface area (TPSA) is 39.7 Å². The van der Waals surface area contributed by atoms with Gasteiger partial charge in [-0.1, -0.05) is 60.7 Å². The molecule has 2 rings (SSSR count). The number of halogens is 1. The Kier molecular flexibility index (Phi) is 4.99. The summed E-state index contributed by atoms with van der Waals surface area (Å²) < 4.78 is 0. The van der Waals surface area contributed by atoms with Gasteiger partial charge in [0.25, 0.3) is 0 Å². The molecule has 0 bridgehead atoms. The van der Waals surface area contributed by atoms with E-state index < -0.39 is 0 Å². The number of quaternary nitrogens is 1. The number of benzene rings is 2. The second-order valence-corrected chi connectivity index (χ2v) is 3.44. The first-order valence-corrected chi connectivity index (χ1v) is 4.97. The Bertz CT molecular complexity index is 365. The van der Waals surface area contributed by atoms with Crippen LogP contribution in [0.15, 0.2) is 60.7 Å². The van der Waals surface area contributed by atoms with Crippen molar-refractivity contribution in [3.8, 4) is 0 Å². The molecular weight excluding hydrogens is 222 g/mol. The molecule has 2 aromatic carbocycles. The highest BCUT2D eigenvalue weighted by molar-refractivity contribution is 5.28. The van der Waals surface area contributed by atoms with Crippen LogP contribution in [0.2, 0.25) is 0 Å². The van der Waals surface area contributed by atoms with Crippen LogP contribution in [-0.2, 0) is 0 Å². The third-order valence-corrected chi connectivity index (χ3v) is 2.45. The Morgan fingerprint density at radius 2 is 1.12 bits per heavy atom. The molecule has 16 heavy (non-hydrogen) atoms. The van der Waals surface area contributed by atoms with Gasteiger partial charge in [0.1, 0.15) is 6.04 Å². The van der Waals surface area contributed by atoms with Gasteiger partial charge in [-0.3, -0.25) is 0 Å². The van der Waals surface area contributed by atoms with Crippen LogP contribution in [0, 0.1) is 5.21 Å². The van der Waals surface area contributed by atoms with Crippen molar-refractivity contribution < 1.29 is 17.9 Å². The van der Waals surface area contributed by atoms with Crippen molar-refractivity contribution >= 4 is 0 Å². The predicted molar refractivity (Wildman–Crippen MR) is 60.0 cm³/mol. The lowest BCUT2D eigenvalue weighted by Crippen LogP contribution is -3.00. The lowest BCUT2D eigenvalue weighted by atomic mass is 10.00. The highest BCUT2D eigenvalue weighted by atomic mass is 35.5. The van der Waals surface area contributed by atoms with Crippen LogP contribution in [0.25, 0.3) is 0 Å². The Labute approximate surface area is 101 Å². The molecule has 0 amide bonds. The lowest BCUT2D eigenvalue weighted by Gasteiger charge is -2.17. The first kappa shape index (κ1) is 12.7. The highest BCUT2D eigenvalue weighted by Gasteiger charge is 2.12. The van der Waals surface area contributed by atoms with Crippen molar-refractivity contribution in [3.05, 3.63) is 77.0 Å². The summed E-state index contributed by atoms with van der Waals surface area (Å²) in [5.41, 5.74) is 3.07. The third kappa shape index (κ3) is 2.83. The van der Waals surface area contributed by atoms with Gasteiger partial charge in [-0.15, -0.1) is 0 Å². The molecule has 0 aliphatic heterocycles. The normalized spacial score (nSPS) is 9.88. The van der Waals surface area contributed by atoms with E-state index in [-0.39, 0.29) is 18.4 Å². The number of hydroxylamine groups is 1. The monoisotopic (exact) mass is 234 g/mol. The standard InChI is InChI=1S/C13H13NO.ClH/c15-14-13(11-7-3-1-4-8-11)12-9-5-2-6-10-12;/h1-10,13H,14H2;1H/p-1. The van der Waals surface area contributed by atoms with Gasteiger partial charge >= 0.3 is 0 Å². The quantitative estimate of drug-likeness (QED) is 0.669. The Hall–Kier alpha value is -1.35. The molecule has 2 nitrogen and oxygen atoms in total. The second-order valence-electron chi connectivity index (χ2n) is 3.44. The number of nitrogens with two attached hydrogens (primary N) is 1. The summed E-state index contributed by atoms with van der Waals surface area (Å²) >= 11 is 0. The van der Waals surface area contributed by atoms with E-state index in [0.717, 1.165) is 16.6 Å². The largest absolute Gasteiger partial charge is 1.00 e. The average molecular weight is 235 g/mol. The molecule has 0 atom stereocenters. The van der Waals surface area contributed by atoms with Crippen molar-refractivity contribution in [2.45, 2.75) is 6.04 Å². The summed E-state index contributed by atoms with van der Waals surface area (Å²) in [4.78, 5) is 0. The molecule has 0 aliphatic rings. The maximum absolute atomic E-state index is 11.1. The van der Waals surface area contributed by atoms with Crippen LogP contribution >= 0.6 is 0 Å². The lowest BCUT2D eigenvalue weighted by molar-refractivity contribution is -0.624. The summed E-state index contributed by atoms with van der Waals surface area (Å²) in [5.74, 6) is 0. The number of rotatable bonds is 3. The van der Waals surface area contributed by atoms with Crippen molar-refractivity contribution in [2.75, 3.05) is 0 Å². The Morgan fingerprint density at radius 1 is 0.750 bits per heavy atom. The van der Waals surface area contributed by atoms with Crippen LogP contribution in [0.1, 0.15) is 17.2 Å². The van der Waals surface area contributed by atoms with Gasteiger partial charge in [0, 0.05) is 11.1 Å². The van der Waals surface area contributed by atoms with E-state index in [9.17, 15) is 5.21 Å². The van der Waals surface area contributed by atoms with E-state index in [0.29, 0.717) is 0 Å². The summed E-state index contributed by atoms with van der Waals surface area (Å²) in [5, 5.41) is 11.1. The van der Waals surface area contributed by atoms with E-state index in [1.165, 1.54) is 0 Å². The van der Waals surface area contributed by atoms with Crippen LogP contribution < -0.4 is 17.9 Å². The molecule has 0 aromatic heterocycles. The van der Waals surface area contributed by atoms with E-state index in [4.69, 9.17) is 0 Å². The van der Waals surface area contributed by atoms with Crippen LogP contribution in [-0.4, -0.2) is 0 Å². The Morgan fingerprint density at radius 3 is 1.44 bits per heavy atom. The van der Waals surface area contributed by atoms with E-state index in [1.54, 1.807) is 0 Å². The van der Waals surface area contributed by atoms with Gasteiger partial charge in [0.15, 0.2) is 0 Å². The molecule has 0 saturated carbocycles. The summed E-state index contributed by atoms with van der Waals surface area (Å²) in [6.45, 7) is 0. The molecule has 0 aliphatic carbocycles. The van der Waals surface area contributed by atoms with Crippen molar-refractivity contribution in [1.82, 2.24) is 0 Å². The zero-order valence-electron chi connectivity index (χ0n) is 8.71. The van der Waals surface area contributed by atoms with Gasteiger partial charge < -0.3 is 23.1 Å². The van der Waals surface area contributed by atoms with Crippen molar-refractivity contribution in [2.24, 2.45) is 0 Å². The molecule has 2 N–H and O–H groups in total. The van der Waals surface area contributed by atoms with Crippen LogP contribution in [0.3, 0.4) is 0 Å². The average Bonchev–Trinajstić information content (AvgIpc) is 2.33. The second kappa shape index (κ2) is 6.28. The molecule has 0 unspecified atom stereocenters. The number of hydrogen-bond acceptors (Lipinski definition) is 1. The highest BCUT2D eigenvalue weighted by Crippen LogP contribution is 2.17. The van der Waals surface area contributed by atoms with Gasteiger partial charge in [-0.25, -0.2) is 0 Å². The first-order chi connectivity index (χ1) is 7.42. The smallest absolute Gasteiger partial charge is 0.137 e. The Balaban J connectivity index is 0.00000128. The van der Waals surface area contributed by atoms with Crippen LogP contribution in [0.4, 0.5) is 0 Å². The minimum Gasteiger partial charge on any atom is -1.00 e. The fourth-order valence-electron chi connectivity index (χ4n) is 1.67. The first-order valence-electron chi connectivity index (χ1n) is 4.97. The predicted octanol–water partition coefficient (Wildman–Crippen LogP) is -1.16. The molecule has 0 saturated heterocycles. The van der Waals surface area contributed by atoms with Gasteiger partial charge in [-0.05, 0) is 0 Å². The zero-order chi connectivity index (χ0) is 10.5. The molecule has 0 radical (unpaired) electrons. The van der Waals surface area contributed by atoms with E-state index >= 15 is 0 Å². The molecule has 0 spiro atoms. The number of hydrogen-bond donors (Lipinski definition) is 1. The van der Waals surface area contributed by atoms with Crippen molar-refractivity contribution in [3.63, 3.8) is 0 Å². The van der Waals surface area contributed by atoms with Gasteiger partial charge in [0.2, 0.25) is 0 Å². The minimum absolute atomic E-state index is 0. The summed E-state index contributed by atoms with van der Waals surface area (Å²) in [7, 11) is 0. The molecule has 3 heteroatoms. The van der Waals surface area contributed by atoms with Crippen LogP contribution in [0.5, 0.6) is 0 Å². The fraction of sp³-hybridized carbons (Fsp3) is 0.0769. The molecular formula is C13H13ClNO-. The molecule has 0 heterocycles. The maximum atomic E-state index is 11.1. The maximum Gasteiger partial charge on any atom is 0.137 e. The third-order valence-electron chi connectivity index (χ3n) is 2.45. The molecule has 2 aromatic rings. The zero-order valence-corrected chi connectivity index (χ0v) is 9.47. The van der Waals surface area contributed by atoms with E-state index in [2.05, 4.69) is 0 Å². The summed E-state index contributed by atoms with van der Waals surface area (Å²) in [6, 6.07) is 19.5.